The number of rotatable bonds is 6. The molecule has 0 amide bonds. The minimum atomic E-state index is -0.158. The van der Waals surface area contributed by atoms with Crippen molar-refractivity contribution in [2.45, 2.75) is 57.5 Å². The average molecular weight is 292 g/mol. The van der Waals surface area contributed by atoms with Crippen molar-refractivity contribution in [1.82, 2.24) is 4.90 Å². The quantitative estimate of drug-likeness (QED) is 0.860. The van der Waals surface area contributed by atoms with E-state index < -0.39 is 0 Å². The maximum atomic E-state index is 13.3. The first-order valence-electron chi connectivity index (χ1n) is 8.25. The van der Waals surface area contributed by atoms with Crippen LogP contribution in [0.1, 0.15) is 51.0 Å². The Morgan fingerprint density at radius 2 is 2.05 bits per heavy atom. The molecule has 0 spiro atoms. The Hall–Kier alpha value is -0.930. The van der Waals surface area contributed by atoms with Gasteiger partial charge in [0.1, 0.15) is 5.82 Å². The molecule has 1 aromatic carbocycles. The molecular weight excluding hydrogens is 263 g/mol. The fourth-order valence-corrected chi connectivity index (χ4v) is 3.73. The third kappa shape index (κ3) is 4.04. The Morgan fingerprint density at radius 3 is 2.62 bits per heavy atom. The number of nitrogens with zero attached hydrogens (tertiary/aromatic N) is 1. The summed E-state index contributed by atoms with van der Waals surface area (Å²) >= 11 is 0. The van der Waals surface area contributed by atoms with Gasteiger partial charge in [-0.25, -0.2) is 4.39 Å². The van der Waals surface area contributed by atoms with E-state index in [0.717, 1.165) is 18.0 Å². The molecule has 1 aromatic rings. The van der Waals surface area contributed by atoms with Crippen LogP contribution < -0.4 is 5.73 Å². The molecule has 2 nitrogen and oxygen atoms in total. The van der Waals surface area contributed by atoms with E-state index in [1.54, 1.807) is 12.1 Å². The van der Waals surface area contributed by atoms with E-state index in [-0.39, 0.29) is 11.4 Å². The van der Waals surface area contributed by atoms with Crippen molar-refractivity contribution in [3.05, 3.63) is 35.6 Å². The number of hydrogen-bond acceptors (Lipinski definition) is 2. The summed E-state index contributed by atoms with van der Waals surface area (Å²) < 4.78 is 13.3. The van der Waals surface area contributed by atoms with Crippen LogP contribution in [-0.2, 0) is 6.54 Å². The first kappa shape index (κ1) is 16.4. The highest BCUT2D eigenvalue weighted by Crippen LogP contribution is 2.37. The van der Waals surface area contributed by atoms with Crippen LogP contribution in [0.4, 0.5) is 4.39 Å². The van der Waals surface area contributed by atoms with Crippen molar-refractivity contribution in [3.63, 3.8) is 0 Å². The van der Waals surface area contributed by atoms with Crippen LogP contribution in [0.3, 0.4) is 0 Å². The Morgan fingerprint density at radius 1 is 1.33 bits per heavy atom. The van der Waals surface area contributed by atoms with Crippen LogP contribution in [0.25, 0.3) is 0 Å². The van der Waals surface area contributed by atoms with Gasteiger partial charge in [-0.05, 0) is 56.3 Å². The van der Waals surface area contributed by atoms with Gasteiger partial charge in [-0.1, -0.05) is 31.9 Å². The Kier molecular flexibility index (Phi) is 5.77. The highest BCUT2D eigenvalue weighted by atomic mass is 19.1. The third-order valence-corrected chi connectivity index (χ3v) is 5.23. The fourth-order valence-electron chi connectivity index (χ4n) is 3.73. The van der Waals surface area contributed by atoms with E-state index in [2.05, 4.69) is 18.9 Å². The lowest BCUT2D eigenvalue weighted by atomic mass is 9.74. The number of hydrogen-bond donors (Lipinski definition) is 1. The molecule has 0 bridgehead atoms. The molecule has 2 N–H and O–H groups in total. The Bertz CT molecular complexity index is 439. The zero-order chi connectivity index (χ0) is 15.3. The summed E-state index contributed by atoms with van der Waals surface area (Å²) in [5.74, 6) is 0.714. The molecule has 3 heteroatoms. The van der Waals surface area contributed by atoms with Gasteiger partial charge in [0.25, 0.3) is 0 Å². The van der Waals surface area contributed by atoms with Gasteiger partial charge in [-0.2, -0.15) is 0 Å². The number of nitrogens with two attached hydrogens (primary N) is 1. The van der Waals surface area contributed by atoms with E-state index in [0.29, 0.717) is 6.54 Å². The van der Waals surface area contributed by atoms with Gasteiger partial charge in [0, 0.05) is 18.6 Å². The third-order valence-electron chi connectivity index (χ3n) is 5.23. The van der Waals surface area contributed by atoms with Gasteiger partial charge in [0.15, 0.2) is 0 Å². The molecule has 21 heavy (non-hydrogen) atoms. The second kappa shape index (κ2) is 7.37. The first-order valence-corrected chi connectivity index (χ1v) is 8.25. The molecule has 2 rings (SSSR count). The Balaban J connectivity index is 2.00. The zero-order valence-corrected chi connectivity index (χ0v) is 13.4. The first-order chi connectivity index (χ1) is 10.1. The number of benzene rings is 1. The predicted octanol–water partition coefficient (Wildman–Crippen LogP) is 3.95. The number of likely N-dealkylation sites (N-methyl/N-ethyl adjacent to an activating group) is 1. The average Bonchev–Trinajstić information content (AvgIpc) is 2.48. The molecule has 0 radical (unpaired) electrons. The van der Waals surface area contributed by atoms with Crippen LogP contribution in [0.5, 0.6) is 0 Å². The monoisotopic (exact) mass is 292 g/mol. The summed E-state index contributed by atoms with van der Waals surface area (Å²) in [6.45, 7) is 3.73. The summed E-state index contributed by atoms with van der Waals surface area (Å²) in [6, 6.07) is 6.90. The normalized spacial score (nSPS) is 26.2. The Labute approximate surface area is 128 Å². The van der Waals surface area contributed by atoms with Crippen LogP contribution in [-0.4, -0.2) is 24.0 Å². The van der Waals surface area contributed by atoms with E-state index >= 15 is 0 Å². The lowest BCUT2D eigenvalue weighted by Gasteiger charge is -2.46. The topological polar surface area (TPSA) is 29.3 Å². The van der Waals surface area contributed by atoms with Gasteiger partial charge in [-0.3, -0.25) is 4.90 Å². The van der Waals surface area contributed by atoms with Crippen molar-refractivity contribution in [2.75, 3.05) is 13.6 Å². The minimum Gasteiger partial charge on any atom is -0.329 e. The predicted molar refractivity (Wildman–Crippen MR) is 86.5 cm³/mol. The lowest BCUT2D eigenvalue weighted by molar-refractivity contribution is 0.0568. The van der Waals surface area contributed by atoms with Crippen LogP contribution in [0.15, 0.2) is 24.3 Å². The highest BCUT2D eigenvalue weighted by molar-refractivity contribution is 5.16. The summed E-state index contributed by atoms with van der Waals surface area (Å²) in [7, 11) is 2.14. The second-order valence-corrected chi connectivity index (χ2v) is 6.65. The largest absolute Gasteiger partial charge is 0.329 e. The number of halogens is 1. The molecule has 1 saturated carbocycles. The molecular formula is C18H29FN2. The molecule has 118 valence electrons. The van der Waals surface area contributed by atoms with Crippen molar-refractivity contribution in [3.8, 4) is 0 Å². The summed E-state index contributed by atoms with van der Waals surface area (Å²) in [5.41, 5.74) is 7.25. The minimum absolute atomic E-state index is 0.0938. The van der Waals surface area contributed by atoms with E-state index in [9.17, 15) is 4.39 Å². The molecule has 0 unspecified atom stereocenters. The molecule has 0 saturated heterocycles. The molecule has 0 aliphatic heterocycles. The van der Waals surface area contributed by atoms with Gasteiger partial charge in [-0.15, -0.1) is 0 Å². The second-order valence-electron chi connectivity index (χ2n) is 6.65. The molecule has 1 aliphatic carbocycles. The van der Waals surface area contributed by atoms with Crippen LogP contribution in [0.2, 0.25) is 0 Å². The van der Waals surface area contributed by atoms with E-state index in [1.165, 1.54) is 44.6 Å². The van der Waals surface area contributed by atoms with Crippen LogP contribution in [0, 0.1) is 11.7 Å². The van der Waals surface area contributed by atoms with E-state index in [1.807, 2.05) is 6.07 Å². The summed E-state index contributed by atoms with van der Waals surface area (Å²) in [6.07, 6.45) is 7.50. The fraction of sp³-hybridized carbons (Fsp3) is 0.667. The van der Waals surface area contributed by atoms with Crippen molar-refractivity contribution < 1.29 is 4.39 Å². The van der Waals surface area contributed by atoms with Crippen molar-refractivity contribution >= 4 is 0 Å². The smallest absolute Gasteiger partial charge is 0.123 e. The molecule has 0 aromatic heterocycles. The van der Waals surface area contributed by atoms with Gasteiger partial charge < -0.3 is 5.73 Å². The highest BCUT2D eigenvalue weighted by Gasteiger charge is 2.37. The maximum absolute atomic E-state index is 13.3. The lowest BCUT2D eigenvalue weighted by Crippen LogP contribution is -2.53. The van der Waals surface area contributed by atoms with Gasteiger partial charge >= 0.3 is 0 Å². The van der Waals surface area contributed by atoms with Crippen LogP contribution >= 0.6 is 0 Å². The SMILES string of the molecule is CCCC1CCC(CN)(N(C)Cc2cccc(F)c2)CC1. The zero-order valence-electron chi connectivity index (χ0n) is 13.4. The molecule has 1 fully saturated rings. The molecule has 0 atom stereocenters. The van der Waals surface area contributed by atoms with Gasteiger partial charge in [0.2, 0.25) is 0 Å². The van der Waals surface area contributed by atoms with Crippen molar-refractivity contribution in [2.24, 2.45) is 11.7 Å². The maximum Gasteiger partial charge on any atom is 0.123 e. The standard InChI is InChI=1S/C18H29FN2/c1-3-5-15-8-10-18(14-20,11-9-15)21(2)13-16-6-4-7-17(19)12-16/h4,6-7,12,15H,3,5,8-11,13-14,20H2,1-2H3. The molecule has 0 heterocycles. The molecule has 1 aliphatic rings. The summed E-state index contributed by atoms with van der Waals surface area (Å²) in [4.78, 5) is 2.35. The van der Waals surface area contributed by atoms with E-state index in [4.69, 9.17) is 5.73 Å². The van der Waals surface area contributed by atoms with Gasteiger partial charge in [0.05, 0.1) is 0 Å². The summed E-state index contributed by atoms with van der Waals surface area (Å²) in [5, 5.41) is 0. The van der Waals surface area contributed by atoms with Crippen molar-refractivity contribution in [1.29, 1.82) is 0 Å².